The van der Waals surface area contributed by atoms with Gasteiger partial charge < -0.3 is 4.90 Å². The summed E-state index contributed by atoms with van der Waals surface area (Å²) < 4.78 is 25.4. The fraction of sp³-hybridized carbons (Fsp3) is 0.267. The van der Waals surface area contributed by atoms with Crippen LogP contribution in [0, 0.1) is 0 Å². The molecule has 0 fully saturated rings. The monoisotopic (exact) mass is 305 g/mol. The largest absolute Gasteiger partial charge is 0.341 e. The fourth-order valence-corrected chi connectivity index (χ4v) is 2.54. The van der Waals surface area contributed by atoms with Crippen LogP contribution in [0.2, 0.25) is 0 Å². The highest BCUT2D eigenvalue weighted by molar-refractivity contribution is 7.92. The molecule has 1 aromatic carbocycles. The highest BCUT2D eigenvalue weighted by Gasteiger charge is 2.10. The molecule has 0 radical (unpaired) electrons. The molecule has 5 nitrogen and oxygen atoms in total. The second-order valence-electron chi connectivity index (χ2n) is 4.49. The van der Waals surface area contributed by atoms with E-state index in [1.165, 1.54) is 0 Å². The predicted molar refractivity (Wildman–Crippen MR) is 86.4 cm³/mol. The number of nitrogens with zero attached hydrogens (tertiary/aromatic N) is 2. The Kier molecular flexibility index (Phi) is 4.80. The Morgan fingerprint density at radius 1 is 1.05 bits per heavy atom. The van der Waals surface area contributed by atoms with Crippen molar-refractivity contribution < 1.29 is 8.42 Å². The third-order valence-electron chi connectivity index (χ3n) is 3.08. The maximum atomic E-state index is 11.5. The number of hydrogen-bond acceptors (Lipinski definition) is 4. The normalized spacial score (nSPS) is 11.1. The van der Waals surface area contributed by atoms with E-state index in [1.807, 2.05) is 36.4 Å². The van der Waals surface area contributed by atoms with Crippen LogP contribution in [0.15, 0.2) is 48.7 Å². The van der Waals surface area contributed by atoms with Crippen molar-refractivity contribution in [2.24, 2.45) is 0 Å². The van der Waals surface area contributed by atoms with Gasteiger partial charge in [0, 0.05) is 12.2 Å². The van der Waals surface area contributed by atoms with Gasteiger partial charge in [-0.15, -0.1) is 0 Å². The van der Waals surface area contributed by atoms with Crippen LogP contribution in [-0.2, 0) is 10.0 Å². The molecule has 1 heterocycles. The van der Waals surface area contributed by atoms with Gasteiger partial charge in [-0.25, -0.2) is 13.4 Å². The van der Waals surface area contributed by atoms with E-state index in [4.69, 9.17) is 0 Å². The Morgan fingerprint density at radius 3 is 2.29 bits per heavy atom. The summed E-state index contributed by atoms with van der Waals surface area (Å²) in [5.74, 6) is 0.367. The number of aromatic nitrogens is 1. The number of nitrogens with one attached hydrogen (secondary N) is 1. The van der Waals surface area contributed by atoms with Gasteiger partial charge in [-0.2, -0.15) is 0 Å². The van der Waals surface area contributed by atoms with Crippen LogP contribution in [0.4, 0.5) is 17.2 Å². The van der Waals surface area contributed by atoms with Crippen molar-refractivity contribution in [1.29, 1.82) is 0 Å². The van der Waals surface area contributed by atoms with Crippen molar-refractivity contribution in [2.45, 2.75) is 13.8 Å². The summed E-state index contributed by atoms with van der Waals surface area (Å²) in [4.78, 5) is 6.28. The molecule has 1 aromatic heterocycles. The summed E-state index contributed by atoms with van der Waals surface area (Å²) in [7, 11) is -3.29. The van der Waals surface area contributed by atoms with Crippen LogP contribution in [0.1, 0.15) is 13.8 Å². The van der Waals surface area contributed by atoms with Crippen LogP contribution in [-0.4, -0.2) is 25.7 Å². The van der Waals surface area contributed by atoms with E-state index < -0.39 is 10.0 Å². The van der Waals surface area contributed by atoms with Gasteiger partial charge in [-0.05, 0) is 38.1 Å². The first-order chi connectivity index (χ1) is 10.1. The Bertz CT molecular complexity index is 670. The average molecular weight is 305 g/mol. The molecule has 2 aromatic rings. The van der Waals surface area contributed by atoms with Gasteiger partial charge in [0.25, 0.3) is 0 Å². The molecule has 0 unspecified atom stereocenters. The van der Waals surface area contributed by atoms with Crippen molar-refractivity contribution in [3.63, 3.8) is 0 Å². The molecule has 112 valence electrons. The molecule has 0 aliphatic carbocycles. The van der Waals surface area contributed by atoms with Crippen LogP contribution < -0.4 is 9.62 Å². The molecule has 0 aliphatic rings. The van der Waals surface area contributed by atoms with E-state index in [1.54, 1.807) is 19.2 Å². The lowest BCUT2D eigenvalue weighted by Gasteiger charge is -2.23. The van der Waals surface area contributed by atoms with Gasteiger partial charge in [0.1, 0.15) is 5.82 Å². The molecule has 0 saturated heterocycles. The molecule has 0 saturated carbocycles. The van der Waals surface area contributed by atoms with Gasteiger partial charge >= 0.3 is 0 Å². The van der Waals surface area contributed by atoms with E-state index in [2.05, 4.69) is 21.5 Å². The van der Waals surface area contributed by atoms with Gasteiger partial charge in [0.05, 0.1) is 17.6 Å². The molecular formula is C15H19N3O2S. The second kappa shape index (κ2) is 6.58. The average Bonchev–Trinajstić information content (AvgIpc) is 2.50. The van der Waals surface area contributed by atoms with Crippen LogP contribution in [0.3, 0.4) is 0 Å². The number of benzene rings is 1. The molecule has 0 atom stereocenters. The summed E-state index contributed by atoms with van der Waals surface area (Å²) in [5, 5.41) is 0. The summed E-state index contributed by atoms with van der Waals surface area (Å²) in [5.41, 5.74) is 1.99. The highest BCUT2D eigenvalue weighted by atomic mass is 32.2. The summed E-state index contributed by atoms with van der Waals surface area (Å²) >= 11 is 0. The smallest absolute Gasteiger partial charge is 0.233 e. The fourth-order valence-electron chi connectivity index (χ4n) is 1.96. The van der Waals surface area contributed by atoms with Crippen molar-refractivity contribution >= 4 is 27.2 Å². The summed E-state index contributed by atoms with van der Waals surface area (Å²) in [6.07, 6.45) is 1.67. The second-order valence-corrected chi connectivity index (χ2v) is 6.50. The molecule has 1 N–H and O–H groups in total. The molecule has 0 aliphatic heterocycles. The van der Waals surface area contributed by atoms with E-state index in [-0.39, 0.29) is 5.75 Å². The topological polar surface area (TPSA) is 62.3 Å². The molecule has 21 heavy (non-hydrogen) atoms. The first-order valence-corrected chi connectivity index (χ1v) is 8.50. The predicted octanol–water partition coefficient (Wildman–Crippen LogP) is 3.00. The molecule has 0 bridgehead atoms. The molecule has 0 spiro atoms. The number of para-hydroxylation sites is 1. The third kappa shape index (κ3) is 3.95. The van der Waals surface area contributed by atoms with E-state index in [0.29, 0.717) is 5.82 Å². The van der Waals surface area contributed by atoms with Crippen molar-refractivity contribution in [1.82, 2.24) is 4.98 Å². The van der Waals surface area contributed by atoms with Gasteiger partial charge in [-0.3, -0.25) is 4.72 Å². The third-order valence-corrected chi connectivity index (χ3v) is 4.36. The Morgan fingerprint density at radius 2 is 1.76 bits per heavy atom. The van der Waals surface area contributed by atoms with E-state index >= 15 is 0 Å². The summed E-state index contributed by atoms with van der Waals surface area (Å²) in [6, 6.07) is 13.5. The summed E-state index contributed by atoms with van der Waals surface area (Å²) in [6.45, 7) is 4.44. The number of pyridine rings is 1. The van der Waals surface area contributed by atoms with Crippen molar-refractivity contribution in [3.05, 3.63) is 48.7 Å². The zero-order valence-corrected chi connectivity index (χ0v) is 13.0. The van der Waals surface area contributed by atoms with Crippen LogP contribution in [0.25, 0.3) is 0 Å². The quantitative estimate of drug-likeness (QED) is 0.891. The number of sulfonamides is 1. The maximum Gasteiger partial charge on any atom is 0.233 e. The maximum absolute atomic E-state index is 11.5. The van der Waals surface area contributed by atoms with Gasteiger partial charge in [-0.1, -0.05) is 18.2 Å². The number of hydrogen-bond donors (Lipinski definition) is 1. The van der Waals surface area contributed by atoms with E-state index in [9.17, 15) is 8.42 Å². The molecule has 2 rings (SSSR count). The highest BCUT2D eigenvalue weighted by Crippen LogP contribution is 2.24. The Labute approximate surface area is 125 Å². The molecule has 6 heteroatoms. The van der Waals surface area contributed by atoms with E-state index in [0.717, 1.165) is 17.9 Å². The lowest BCUT2D eigenvalue weighted by molar-refractivity contribution is 0.602. The minimum atomic E-state index is -3.29. The minimum Gasteiger partial charge on any atom is -0.341 e. The lowest BCUT2D eigenvalue weighted by Crippen LogP contribution is -2.17. The number of rotatable bonds is 6. The SMILES string of the molecule is CCN(c1ccccc1)c1ccc(NS(=O)(=O)CC)nc1. The Hall–Kier alpha value is -2.08. The van der Waals surface area contributed by atoms with Crippen molar-refractivity contribution in [3.8, 4) is 0 Å². The van der Waals surface area contributed by atoms with Gasteiger partial charge in [0.15, 0.2) is 0 Å². The zero-order chi connectivity index (χ0) is 15.3. The van der Waals surface area contributed by atoms with Crippen LogP contribution >= 0.6 is 0 Å². The standard InChI is InChI=1S/C15H19N3O2S/c1-3-18(13-8-6-5-7-9-13)14-10-11-15(16-12-14)17-21(19,20)4-2/h5-12H,3-4H2,1-2H3,(H,16,17). The zero-order valence-electron chi connectivity index (χ0n) is 12.2. The Balaban J connectivity index is 2.22. The first kappa shape index (κ1) is 15.3. The minimum absolute atomic E-state index is 0.0293. The van der Waals surface area contributed by atoms with Gasteiger partial charge in [0.2, 0.25) is 10.0 Å². The molecule has 0 amide bonds. The molecular weight excluding hydrogens is 286 g/mol. The van der Waals surface area contributed by atoms with Crippen molar-refractivity contribution in [2.75, 3.05) is 21.9 Å². The first-order valence-electron chi connectivity index (χ1n) is 6.85. The van der Waals surface area contributed by atoms with Crippen LogP contribution in [0.5, 0.6) is 0 Å². The number of anilines is 3. The lowest BCUT2D eigenvalue weighted by atomic mass is 10.2.